The maximum atomic E-state index is 11.7. The van der Waals surface area contributed by atoms with Crippen LogP contribution in [0.4, 0.5) is 0 Å². The summed E-state index contributed by atoms with van der Waals surface area (Å²) in [7, 11) is 0. The van der Waals surface area contributed by atoms with Crippen molar-refractivity contribution in [1.29, 1.82) is 0 Å². The Labute approximate surface area is 89.1 Å². The fraction of sp³-hybridized carbons (Fsp3) is 0.417. The van der Waals surface area contributed by atoms with E-state index in [4.69, 9.17) is 0 Å². The molecule has 1 fully saturated rings. The van der Waals surface area contributed by atoms with Crippen LogP contribution in [-0.4, -0.2) is 17.1 Å². The molecule has 2 rings (SSSR count). The molecule has 1 saturated carbocycles. The van der Waals surface area contributed by atoms with Gasteiger partial charge in [-0.1, -0.05) is 6.07 Å². The molecule has 0 aliphatic heterocycles. The van der Waals surface area contributed by atoms with E-state index in [1.165, 1.54) is 6.42 Å². The molecule has 1 aromatic carbocycles. The predicted octanol–water partition coefficient (Wildman–Crippen LogP) is 1.98. The number of phenols is 1. The molecule has 3 nitrogen and oxygen atoms in total. The first-order chi connectivity index (χ1) is 7.16. The van der Waals surface area contributed by atoms with Gasteiger partial charge in [0, 0.05) is 6.04 Å². The monoisotopic (exact) mass is 205 g/mol. The van der Waals surface area contributed by atoms with E-state index in [2.05, 4.69) is 5.32 Å². The van der Waals surface area contributed by atoms with Gasteiger partial charge < -0.3 is 10.4 Å². The summed E-state index contributed by atoms with van der Waals surface area (Å²) in [6.45, 7) is 1.88. The maximum absolute atomic E-state index is 11.7. The molecule has 0 spiro atoms. The van der Waals surface area contributed by atoms with E-state index in [0.717, 1.165) is 18.4 Å². The summed E-state index contributed by atoms with van der Waals surface area (Å²) in [5, 5.41) is 12.5. The second kappa shape index (κ2) is 3.93. The Morgan fingerprint density at radius 2 is 2.20 bits per heavy atom. The standard InChI is InChI=1S/C12H15NO2/c1-8-5-6-10(11(14)7-8)12(15)13-9-3-2-4-9/h5-7,9,14H,2-4H2,1H3,(H,13,15). The quantitative estimate of drug-likeness (QED) is 0.775. The molecule has 0 unspecified atom stereocenters. The van der Waals surface area contributed by atoms with E-state index in [0.29, 0.717) is 11.6 Å². The van der Waals surface area contributed by atoms with Crippen LogP contribution in [0.3, 0.4) is 0 Å². The number of carbonyl (C=O) groups excluding carboxylic acids is 1. The minimum Gasteiger partial charge on any atom is -0.507 e. The van der Waals surface area contributed by atoms with Crippen LogP contribution in [0.15, 0.2) is 18.2 Å². The minimum atomic E-state index is -0.169. The normalized spacial score (nSPS) is 15.8. The zero-order chi connectivity index (χ0) is 10.8. The summed E-state index contributed by atoms with van der Waals surface area (Å²) >= 11 is 0. The lowest BCUT2D eigenvalue weighted by molar-refractivity contribution is 0.0914. The fourth-order valence-corrected chi connectivity index (χ4v) is 1.65. The summed E-state index contributed by atoms with van der Waals surface area (Å²) in [6.07, 6.45) is 3.29. The number of hydrogen-bond donors (Lipinski definition) is 2. The van der Waals surface area contributed by atoms with Crippen LogP contribution in [-0.2, 0) is 0 Å². The average molecular weight is 205 g/mol. The second-order valence-corrected chi connectivity index (χ2v) is 4.12. The van der Waals surface area contributed by atoms with Crippen molar-refractivity contribution >= 4 is 5.91 Å². The molecule has 2 N–H and O–H groups in total. The van der Waals surface area contributed by atoms with Crippen molar-refractivity contribution in [2.45, 2.75) is 32.2 Å². The van der Waals surface area contributed by atoms with Gasteiger partial charge in [0.2, 0.25) is 0 Å². The van der Waals surface area contributed by atoms with Gasteiger partial charge in [-0.3, -0.25) is 4.79 Å². The summed E-state index contributed by atoms with van der Waals surface area (Å²) in [4.78, 5) is 11.7. The highest BCUT2D eigenvalue weighted by Gasteiger charge is 2.21. The minimum absolute atomic E-state index is 0.0619. The van der Waals surface area contributed by atoms with Crippen molar-refractivity contribution in [1.82, 2.24) is 5.32 Å². The molecule has 1 aliphatic carbocycles. The Bertz CT molecular complexity index is 383. The summed E-state index contributed by atoms with van der Waals surface area (Å²) in [5.74, 6) is -0.107. The topological polar surface area (TPSA) is 49.3 Å². The number of carbonyl (C=O) groups is 1. The van der Waals surface area contributed by atoms with E-state index in [9.17, 15) is 9.90 Å². The molecule has 1 aliphatic rings. The van der Waals surface area contributed by atoms with Gasteiger partial charge in [-0.05, 0) is 43.9 Å². The molecule has 0 saturated heterocycles. The molecular weight excluding hydrogens is 190 g/mol. The molecule has 1 aromatic rings. The highest BCUT2D eigenvalue weighted by molar-refractivity contribution is 5.97. The van der Waals surface area contributed by atoms with Gasteiger partial charge in [-0.15, -0.1) is 0 Å². The SMILES string of the molecule is Cc1ccc(C(=O)NC2CCC2)c(O)c1. The molecular formula is C12H15NO2. The average Bonchev–Trinajstić information content (AvgIpc) is 2.11. The zero-order valence-corrected chi connectivity index (χ0v) is 8.79. The molecule has 15 heavy (non-hydrogen) atoms. The number of phenolic OH excluding ortho intramolecular Hbond substituents is 1. The number of aromatic hydroxyl groups is 1. The van der Waals surface area contributed by atoms with Crippen LogP contribution in [0.25, 0.3) is 0 Å². The first-order valence-electron chi connectivity index (χ1n) is 5.27. The summed E-state index contributed by atoms with van der Waals surface area (Å²) < 4.78 is 0. The van der Waals surface area contributed by atoms with Crippen LogP contribution < -0.4 is 5.32 Å². The lowest BCUT2D eigenvalue weighted by Crippen LogP contribution is -2.39. The van der Waals surface area contributed by atoms with Crippen molar-refractivity contribution in [3.63, 3.8) is 0 Å². The Morgan fingerprint density at radius 1 is 1.47 bits per heavy atom. The summed E-state index contributed by atoms with van der Waals surface area (Å²) in [6, 6.07) is 5.40. The maximum Gasteiger partial charge on any atom is 0.255 e. The molecule has 1 amide bonds. The third kappa shape index (κ3) is 2.12. The molecule has 0 aromatic heterocycles. The number of nitrogens with one attached hydrogen (secondary N) is 1. The number of benzene rings is 1. The molecule has 0 atom stereocenters. The molecule has 80 valence electrons. The lowest BCUT2D eigenvalue weighted by atomic mass is 9.93. The predicted molar refractivity (Wildman–Crippen MR) is 57.9 cm³/mol. The lowest BCUT2D eigenvalue weighted by Gasteiger charge is -2.26. The van der Waals surface area contributed by atoms with Crippen LogP contribution in [0, 0.1) is 6.92 Å². The van der Waals surface area contributed by atoms with Crippen molar-refractivity contribution < 1.29 is 9.90 Å². The first-order valence-corrected chi connectivity index (χ1v) is 5.27. The van der Waals surface area contributed by atoms with Gasteiger partial charge in [0.05, 0.1) is 5.56 Å². The van der Waals surface area contributed by atoms with Gasteiger partial charge in [0.1, 0.15) is 5.75 Å². The Balaban J connectivity index is 2.10. The number of hydrogen-bond acceptors (Lipinski definition) is 2. The Kier molecular flexibility index (Phi) is 2.62. The van der Waals surface area contributed by atoms with E-state index in [1.54, 1.807) is 12.1 Å². The van der Waals surface area contributed by atoms with Crippen LogP contribution in [0.1, 0.15) is 35.2 Å². The van der Waals surface area contributed by atoms with Gasteiger partial charge in [-0.2, -0.15) is 0 Å². The van der Waals surface area contributed by atoms with Gasteiger partial charge in [-0.25, -0.2) is 0 Å². The van der Waals surface area contributed by atoms with Gasteiger partial charge in [0.25, 0.3) is 5.91 Å². The van der Waals surface area contributed by atoms with E-state index < -0.39 is 0 Å². The highest BCUT2D eigenvalue weighted by Crippen LogP contribution is 2.21. The van der Waals surface area contributed by atoms with Crippen molar-refractivity contribution in [2.24, 2.45) is 0 Å². The van der Waals surface area contributed by atoms with Crippen molar-refractivity contribution in [3.8, 4) is 5.75 Å². The highest BCUT2D eigenvalue weighted by atomic mass is 16.3. The largest absolute Gasteiger partial charge is 0.507 e. The third-order valence-corrected chi connectivity index (χ3v) is 2.84. The van der Waals surface area contributed by atoms with Crippen molar-refractivity contribution in [2.75, 3.05) is 0 Å². The second-order valence-electron chi connectivity index (χ2n) is 4.12. The number of aryl methyl sites for hydroxylation is 1. The summed E-state index contributed by atoms with van der Waals surface area (Å²) in [5.41, 5.74) is 1.32. The van der Waals surface area contributed by atoms with Crippen molar-refractivity contribution in [3.05, 3.63) is 29.3 Å². The van der Waals surface area contributed by atoms with E-state index >= 15 is 0 Å². The smallest absolute Gasteiger partial charge is 0.255 e. The third-order valence-electron chi connectivity index (χ3n) is 2.84. The first kappa shape index (κ1) is 10.0. The van der Waals surface area contributed by atoms with Gasteiger partial charge >= 0.3 is 0 Å². The number of rotatable bonds is 2. The zero-order valence-electron chi connectivity index (χ0n) is 8.79. The van der Waals surface area contributed by atoms with Gasteiger partial charge in [0.15, 0.2) is 0 Å². The Morgan fingerprint density at radius 3 is 2.73 bits per heavy atom. The van der Waals surface area contributed by atoms with Crippen LogP contribution in [0.2, 0.25) is 0 Å². The molecule has 0 heterocycles. The fourth-order valence-electron chi connectivity index (χ4n) is 1.65. The van der Waals surface area contributed by atoms with Crippen LogP contribution in [0.5, 0.6) is 5.75 Å². The van der Waals surface area contributed by atoms with Crippen LogP contribution >= 0.6 is 0 Å². The van der Waals surface area contributed by atoms with E-state index in [-0.39, 0.29) is 11.7 Å². The van der Waals surface area contributed by atoms with E-state index in [1.807, 2.05) is 13.0 Å². The molecule has 3 heteroatoms. The molecule has 0 radical (unpaired) electrons. The Hall–Kier alpha value is -1.51. The number of amides is 1. The molecule has 0 bridgehead atoms.